The third-order valence-corrected chi connectivity index (χ3v) is 5.27. The minimum atomic E-state index is -0.140. The SMILES string of the molecule is CC1CCC(N(Cc2ccc3c(c2)OCO3)C(=O)C(C)CN)CC1. The standard InChI is InChI=1S/C19H28N2O3/c1-13-3-6-16(7-4-13)21(19(22)14(2)10-20)11-15-5-8-17-18(9-15)24-12-23-17/h5,8-9,13-14,16H,3-4,6-7,10-12,20H2,1-2H3. The zero-order valence-corrected chi connectivity index (χ0v) is 14.7. The highest BCUT2D eigenvalue weighted by atomic mass is 16.7. The fraction of sp³-hybridized carbons (Fsp3) is 0.632. The van der Waals surface area contributed by atoms with Crippen LogP contribution < -0.4 is 15.2 Å². The fourth-order valence-corrected chi connectivity index (χ4v) is 3.56. The second-order valence-electron chi connectivity index (χ2n) is 7.20. The highest BCUT2D eigenvalue weighted by molar-refractivity contribution is 5.79. The minimum absolute atomic E-state index is 0.140. The smallest absolute Gasteiger partial charge is 0.231 e. The second kappa shape index (κ2) is 7.43. The van der Waals surface area contributed by atoms with Crippen LogP contribution in [-0.2, 0) is 11.3 Å². The summed E-state index contributed by atoms with van der Waals surface area (Å²) >= 11 is 0. The minimum Gasteiger partial charge on any atom is -0.454 e. The molecule has 1 amide bonds. The molecule has 5 nitrogen and oxygen atoms in total. The van der Waals surface area contributed by atoms with Crippen LogP contribution in [0.1, 0.15) is 45.1 Å². The summed E-state index contributed by atoms with van der Waals surface area (Å²) in [5.41, 5.74) is 6.82. The average Bonchev–Trinajstić information content (AvgIpc) is 3.07. The predicted molar refractivity (Wildman–Crippen MR) is 92.8 cm³/mol. The second-order valence-corrected chi connectivity index (χ2v) is 7.20. The van der Waals surface area contributed by atoms with Gasteiger partial charge in [0.15, 0.2) is 11.5 Å². The van der Waals surface area contributed by atoms with E-state index in [2.05, 4.69) is 6.92 Å². The van der Waals surface area contributed by atoms with E-state index in [9.17, 15) is 4.79 Å². The number of nitrogens with two attached hydrogens (primary N) is 1. The Bertz CT molecular complexity index is 582. The highest BCUT2D eigenvalue weighted by Gasteiger charge is 2.30. The number of benzene rings is 1. The lowest BCUT2D eigenvalue weighted by Crippen LogP contribution is -2.45. The zero-order valence-electron chi connectivity index (χ0n) is 14.7. The van der Waals surface area contributed by atoms with Crippen molar-refractivity contribution in [2.24, 2.45) is 17.6 Å². The van der Waals surface area contributed by atoms with Gasteiger partial charge in [-0.1, -0.05) is 19.9 Å². The topological polar surface area (TPSA) is 64.8 Å². The van der Waals surface area contributed by atoms with Gasteiger partial charge in [0, 0.05) is 25.0 Å². The van der Waals surface area contributed by atoms with Gasteiger partial charge in [-0.15, -0.1) is 0 Å². The van der Waals surface area contributed by atoms with Gasteiger partial charge < -0.3 is 20.1 Å². The van der Waals surface area contributed by atoms with E-state index in [0.717, 1.165) is 35.8 Å². The number of carbonyl (C=O) groups is 1. The molecule has 1 aliphatic heterocycles. The highest BCUT2D eigenvalue weighted by Crippen LogP contribution is 2.34. The molecule has 0 aromatic heterocycles. The average molecular weight is 332 g/mol. The molecule has 24 heavy (non-hydrogen) atoms. The normalized spacial score (nSPS) is 23.8. The molecule has 1 heterocycles. The van der Waals surface area contributed by atoms with E-state index in [0.29, 0.717) is 19.1 Å². The number of nitrogens with zero attached hydrogens (tertiary/aromatic N) is 1. The largest absolute Gasteiger partial charge is 0.454 e. The molecule has 0 bridgehead atoms. The van der Waals surface area contributed by atoms with Crippen molar-refractivity contribution in [3.63, 3.8) is 0 Å². The Balaban J connectivity index is 1.77. The Morgan fingerprint density at radius 3 is 2.67 bits per heavy atom. The molecule has 3 rings (SSSR count). The molecule has 1 saturated carbocycles. The number of rotatable bonds is 5. The van der Waals surface area contributed by atoms with Crippen LogP contribution in [0.15, 0.2) is 18.2 Å². The van der Waals surface area contributed by atoms with E-state index < -0.39 is 0 Å². The molecule has 1 aromatic rings. The van der Waals surface area contributed by atoms with Gasteiger partial charge in [-0.2, -0.15) is 0 Å². The molecule has 0 spiro atoms. The summed E-state index contributed by atoms with van der Waals surface area (Å²) < 4.78 is 10.8. The van der Waals surface area contributed by atoms with E-state index >= 15 is 0 Å². The number of hydrogen-bond acceptors (Lipinski definition) is 4. The Morgan fingerprint density at radius 2 is 1.96 bits per heavy atom. The maximum Gasteiger partial charge on any atom is 0.231 e. The van der Waals surface area contributed by atoms with E-state index in [1.54, 1.807) is 0 Å². The third kappa shape index (κ3) is 3.66. The van der Waals surface area contributed by atoms with Crippen LogP contribution in [0.2, 0.25) is 0 Å². The van der Waals surface area contributed by atoms with Gasteiger partial charge in [-0.25, -0.2) is 0 Å². The van der Waals surface area contributed by atoms with E-state index in [-0.39, 0.29) is 18.6 Å². The van der Waals surface area contributed by atoms with Crippen LogP contribution in [-0.4, -0.2) is 30.2 Å². The van der Waals surface area contributed by atoms with E-state index in [1.807, 2.05) is 30.0 Å². The molecule has 1 aliphatic carbocycles. The van der Waals surface area contributed by atoms with Crippen molar-refractivity contribution in [2.75, 3.05) is 13.3 Å². The van der Waals surface area contributed by atoms with Crippen molar-refractivity contribution in [3.05, 3.63) is 23.8 Å². The number of hydrogen-bond donors (Lipinski definition) is 1. The molecule has 2 N–H and O–H groups in total. The van der Waals surface area contributed by atoms with Crippen molar-refractivity contribution in [1.29, 1.82) is 0 Å². The van der Waals surface area contributed by atoms with Gasteiger partial charge >= 0.3 is 0 Å². The summed E-state index contributed by atoms with van der Waals surface area (Å²) in [4.78, 5) is 14.9. The fourth-order valence-electron chi connectivity index (χ4n) is 3.56. The Morgan fingerprint density at radius 1 is 1.25 bits per heavy atom. The van der Waals surface area contributed by atoms with Crippen LogP contribution in [0.5, 0.6) is 11.5 Å². The lowest BCUT2D eigenvalue weighted by Gasteiger charge is -2.37. The molecule has 5 heteroatoms. The molecule has 1 aromatic carbocycles. The summed E-state index contributed by atoms with van der Waals surface area (Å²) in [6.45, 7) is 5.48. The zero-order chi connectivity index (χ0) is 17.1. The first kappa shape index (κ1) is 17.1. The molecule has 132 valence electrons. The van der Waals surface area contributed by atoms with Gasteiger partial charge in [0.2, 0.25) is 12.7 Å². The van der Waals surface area contributed by atoms with Crippen LogP contribution in [0.25, 0.3) is 0 Å². The molecule has 2 aliphatic rings. The molecule has 1 unspecified atom stereocenters. The van der Waals surface area contributed by atoms with Gasteiger partial charge in [0.25, 0.3) is 0 Å². The third-order valence-electron chi connectivity index (χ3n) is 5.27. The summed E-state index contributed by atoms with van der Waals surface area (Å²) in [5, 5.41) is 0. The van der Waals surface area contributed by atoms with E-state index in [4.69, 9.17) is 15.2 Å². The van der Waals surface area contributed by atoms with Crippen molar-refractivity contribution in [1.82, 2.24) is 4.90 Å². The molecular weight excluding hydrogens is 304 g/mol. The molecule has 1 fully saturated rings. The molecule has 0 radical (unpaired) electrons. The molecular formula is C19H28N2O3. The first-order chi connectivity index (χ1) is 11.6. The Kier molecular flexibility index (Phi) is 5.29. The lowest BCUT2D eigenvalue weighted by atomic mass is 9.86. The van der Waals surface area contributed by atoms with Crippen molar-refractivity contribution < 1.29 is 14.3 Å². The maximum atomic E-state index is 12.9. The molecule has 1 atom stereocenters. The predicted octanol–water partition coefficient (Wildman–Crippen LogP) is 2.92. The number of carbonyl (C=O) groups excluding carboxylic acids is 1. The Labute approximate surface area is 144 Å². The van der Waals surface area contributed by atoms with Gasteiger partial charge in [0.05, 0.1) is 0 Å². The first-order valence-corrected chi connectivity index (χ1v) is 8.97. The monoisotopic (exact) mass is 332 g/mol. The Hall–Kier alpha value is -1.75. The van der Waals surface area contributed by atoms with Crippen LogP contribution in [0.3, 0.4) is 0 Å². The van der Waals surface area contributed by atoms with E-state index in [1.165, 1.54) is 12.8 Å². The van der Waals surface area contributed by atoms with Crippen LogP contribution in [0, 0.1) is 11.8 Å². The lowest BCUT2D eigenvalue weighted by molar-refractivity contribution is -0.138. The summed E-state index contributed by atoms with van der Waals surface area (Å²) in [6, 6.07) is 6.25. The van der Waals surface area contributed by atoms with Crippen molar-refractivity contribution >= 4 is 5.91 Å². The summed E-state index contributed by atoms with van der Waals surface area (Å²) in [6.07, 6.45) is 4.53. The quantitative estimate of drug-likeness (QED) is 0.900. The van der Waals surface area contributed by atoms with Crippen LogP contribution in [0.4, 0.5) is 0 Å². The molecule has 0 saturated heterocycles. The van der Waals surface area contributed by atoms with Gasteiger partial charge in [0.1, 0.15) is 0 Å². The van der Waals surface area contributed by atoms with Crippen molar-refractivity contribution in [3.8, 4) is 11.5 Å². The number of amides is 1. The number of ether oxygens (including phenoxy) is 2. The van der Waals surface area contributed by atoms with Gasteiger partial charge in [-0.3, -0.25) is 4.79 Å². The maximum absolute atomic E-state index is 12.9. The summed E-state index contributed by atoms with van der Waals surface area (Å²) in [7, 11) is 0. The van der Waals surface area contributed by atoms with Gasteiger partial charge in [-0.05, 0) is 49.3 Å². The first-order valence-electron chi connectivity index (χ1n) is 8.97. The van der Waals surface area contributed by atoms with Crippen LogP contribution >= 0.6 is 0 Å². The number of fused-ring (bicyclic) bond motifs is 1. The summed E-state index contributed by atoms with van der Waals surface area (Å²) in [5.74, 6) is 2.33. The van der Waals surface area contributed by atoms with Crippen molar-refractivity contribution in [2.45, 2.75) is 52.1 Å².